The highest BCUT2D eigenvalue weighted by Crippen LogP contribution is 2.40. The molecule has 0 unspecified atom stereocenters. The molecule has 0 bridgehead atoms. The van der Waals surface area contributed by atoms with Gasteiger partial charge in [-0.3, -0.25) is 4.79 Å². The molecule has 0 radical (unpaired) electrons. The molecule has 1 amide bonds. The van der Waals surface area contributed by atoms with Gasteiger partial charge in [-0.2, -0.15) is 0 Å². The van der Waals surface area contributed by atoms with Gasteiger partial charge in [0.1, 0.15) is 0 Å². The minimum atomic E-state index is -0.184. The summed E-state index contributed by atoms with van der Waals surface area (Å²) in [4.78, 5) is 23.7. The lowest BCUT2D eigenvalue weighted by Crippen LogP contribution is -2.12. The quantitative estimate of drug-likeness (QED) is 0.410. The van der Waals surface area contributed by atoms with Crippen LogP contribution in [0.4, 0.5) is 11.4 Å². The summed E-state index contributed by atoms with van der Waals surface area (Å²) in [5.41, 5.74) is 3.29. The van der Waals surface area contributed by atoms with Gasteiger partial charge in [-0.05, 0) is 40.9 Å². The standard InChI is InChI=1S/C24H21N3O3/c28-22(14-11-17-7-3-1-4-8-17)25-19-12-13-21-20(15-19)23(26-30)24(29)27(21)16-18-9-5-2-6-10-18/h1-10,12-13,15,29H,11,14,16H2,(H,25,28). The van der Waals surface area contributed by atoms with Crippen molar-refractivity contribution in [3.8, 4) is 5.88 Å². The average molecular weight is 399 g/mol. The number of hydrogen-bond donors (Lipinski definition) is 2. The highest BCUT2D eigenvalue weighted by Gasteiger charge is 2.18. The molecule has 1 heterocycles. The van der Waals surface area contributed by atoms with Crippen LogP contribution in [0.1, 0.15) is 17.5 Å². The van der Waals surface area contributed by atoms with Crippen molar-refractivity contribution < 1.29 is 9.90 Å². The van der Waals surface area contributed by atoms with Crippen molar-refractivity contribution in [3.63, 3.8) is 0 Å². The number of aromatic nitrogens is 1. The third-order valence-corrected chi connectivity index (χ3v) is 5.05. The van der Waals surface area contributed by atoms with Gasteiger partial charge in [-0.25, -0.2) is 0 Å². The van der Waals surface area contributed by atoms with E-state index < -0.39 is 0 Å². The molecule has 4 aromatic rings. The normalized spacial score (nSPS) is 10.8. The van der Waals surface area contributed by atoms with Gasteiger partial charge in [0.15, 0.2) is 5.69 Å². The molecule has 1 aromatic heterocycles. The first-order valence-electron chi connectivity index (χ1n) is 9.72. The monoisotopic (exact) mass is 399 g/mol. The lowest BCUT2D eigenvalue weighted by molar-refractivity contribution is -0.116. The molecule has 150 valence electrons. The second kappa shape index (κ2) is 8.61. The number of nitroso groups, excluding NO2 is 1. The maximum absolute atomic E-state index is 12.3. The predicted molar refractivity (Wildman–Crippen MR) is 118 cm³/mol. The Balaban J connectivity index is 1.56. The highest BCUT2D eigenvalue weighted by atomic mass is 16.3. The first-order chi connectivity index (χ1) is 14.7. The number of fused-ring (bicyclic) bond motifs is 1. The number of amides is 1. The van der Waals surface area contributed by atoms with Crippen molar-refractivity contribution in [2.45, 2.75) is 19.4 Å². The summed E-state index contributed by atoms with van der Waals surface area (Å²) in [6.07, 6.45) is 0.991. The lowest BCUT2D eigenvalue weighted by Gasteiger charge is -2.08. The molecular formula is C24H21N3O3. The van der Waals surface area contributed by atoms with Crippen LogP contribution in [0.15, 0.2) is 84.0 Å². The van der Waals surface area contributed by atoms with E-state index in [1.54, 1.807) is 22.8 Å². The zero-order valence-corrected chi connectivity index (χ0v) is 16.3. The van der Waals surface area contributed by atoms with Crippen LogP contribution in [0.2, 0.25) is 0 Å². The van der Waals surface area contributed by atoms with E-state index in [9.17, 15) is 14.8 Å². The molecule has 0 aliphatic carbocycles. The van der Waals surface area contributed by atoms with E-state index in [-0.39, 0.29) is 17.5 Å². The highest BCUT2D eigenvalue weighted by molar-refractivity contribution is 6.00. The van der Waals surface area contributed by atoms with Crippen molar-refractivity contribution in [1.29, 1.82) is 0 Å². The fraction of sp³-hybridized carbons (Fsp3) is 0.125. The number of hydrogen-bond acceptors (Lipinski definition) is 4. The summed E-state index contributed by atoms with van der Waals surface area (Å²) >= 11 is 0. The SMILES string of the molecule is O=Nc1c(O)n(Cc2ccccc2)c2ccc(NC(=O)CCc3ccccc3)cc12. The Morgan fingerprint density at radius 3 is 2.27 bits per heavy atom. The zero-order chi connectivity index (χ0) is 20.9. The second-order valence-corrected chi connectivity index (χ2v) is 7.10. The number of anilines is 1. The van der Waals surface area contributed by atoms with Gasteiger partial charge >= 0.3 is 0 Å². The molecule has 0 aliphatic heterocycles. The van der Waals surface area contributed by atoms with Gasteiger partial charge in [-0.1, -0.05) is 60.7 Å². The predicted octanol–water partition coefficient (Wildman–Crippen LogP) is 5.36. The molecule has 0 aliphatic rings. The zero-order valence-electron chi connectivity index (χ0n) is 16.3. The Kier molecular flexibility index (Phi) is 5.57. The van der Waals surface area contributed by atoms with Gasteiger partial charge < -0.3 is 15.0 Å². The summed E-state index contributed by atoms with van der Waals surface area (Å²) in [5.74, 6) is -0.303. The summed E-state index contributed by atoms with van der Waals surface area (Å²) in [6.45, 7) is 0.404. The van der Waals surface area contributed by atoms with Crippen LogP contribution in [0.5, 0.6) is 5.88 Å². The van der Waals surface area contributed by atoms with Gasteiger partial charge in [0.2, 0.25) is 11.8 Å². The maximum atomic E-state index is 12.3. The van der Waals surface area contributed by atoms with Gasteiger partial charge in [0.25, 0.3) is 0 Å². The first kappa shape index (κ1) is 19.4. The van der Waals surface area contributed by atoms with Crippen molar-refractivity contribution in [2.75, 3.05) is 5.32 Å². The number of nitrogens with zero attached hydrogens (tertiary/aromatic N) is 2. The Bertz CT molecular complexity index is 1180. The van der Waals surface area contributed by atoms with E-state index in [0.29, 0.717) is 36.0 Å². The van der Waals surface area contributed by atoms with Crippen LogP contribution in [-0.2, 0) is 17.8 Å². The summed E-state index contributed by atoms with van der Waals surface area (Å²) < 4.78 is 1.64. The first-order valence-corrected chi connectivity index (χ1v) is 9.72. The maximum Gasteiger partial charge on any atom is 0.224 e. The molecule has 6 heteroatoms. The molecular weight excluding hydrogens is 378 g/mol. The van der Waals surface area contributed by atoms with Crippen LogP contribution in [-0.4, -0.2) is 15.6 Å². The van der Waals surface area contributed by atoms with Crippen LogP contribution in [0, 0.1) is 4.91 Å². The van der Waals surface area contributed by atoms with Crippen LogP contribution < -0.4 is 5.32 Å². The van der Waals surface area contributed by atoms with E-state index >= 15 is 0 Å². The number of aryl methyl sites for hydroxylation is 1. The molecule has 0 fully saturated rings. The number of carbonyl (C=O) groups excluding carboxylic acids is 1. The topological polar surface area (TPSA) is 83.7 Å². The fourth-order valence-corrected chi connectivity index (χ4v) is 3.54. The van der Waals surface area contributed by atoms with Crippen LogP contribution in [0.3, 0.4) is 0 Å². The van der Waals surface area contributed by atoms with Gasteiger partial charge in [-0.15, -0.1) is 4.91 Å². The molecule has 0 atom stereocenters. The second-order valence-electron chi connectivity index (χ2n) is 7.10. The number of benzene rings is 3. The average Bonchev–Trinajstić information content (AvgIpc) is 3.04. The largest absolute Gasteiger partial charge is 0.493 e. The molecule has 4 rings (SSSR count). The molecule has 0 saturated heterocycles. The summed E-state index contributed by atoms with van der Waals surface area (Å²) in [5, 5.41) is 16.9. The van der Waals surface area contributed by atoms with E-state index in [1.807, 2.05) is 60.7 Å². The summed E-state index contributed by atoms with van der Waals surface area (Å²) in [6, 6.07) is 24.7. The van der Waals surface area contributed by atoms with Crippen molar-refractivity contribution in [2.24, 2.45) is 5.18 Å². The van der Waals surface area contributed by atoms with Crippen LogP contribution >= 0.6 is 0 Å². The minimum Gasteiger partial charge on any atom is -0.493 e. The third-order valence-electron chi connectivity index (χ3n) is 5.05. The van der Waals surface area contributed by atoms with Crippen molar-refractivity contribution in [3.05, 3.63) is 94.9 Å². The third kappa shape index (κ3) is 4.07. The number of nitrogens with one attached hydrogen (secondary N) is 1. The molecule has 3 aromatic carbocycles. The lowest BCUT2D eigenvalue weighted by atomic mass is 10.1. The number of carbonyl (C=O) groups is 1. The van der Waals surface area contributed by atoms with E-state index in [2.05, 4.69) is 10.5 Å². The smallest absolute Gasteiger partial charge is 0.224 e. The number of rotatable bonds is 7. The van der Waals surface area contributed by atoms with Gasteiger partial charge in [0.05, 0.1) is 12.1 Å². The van der Waals surface area contributed by atoms with E-state index in [0.717, 1.165) is 11.1 Å². The van der Waals surface area contributed by atoms with Crippen molar-refractivity contribution in [1.82, 2.24) is 4.57 Å². The Hall–Kier alpha value is -3.93. The fourth-order valence-electron chi connectivity index (χ4n) is 3.54. The molecule has 6 nitrogen and oxygen atoms in total. The Labute approximate surface area is 173 Å². The molecule has 2 N–H and O–H groups in total. The molecule has 0 spiro atoms. The van der Waals surface area contributed by atoms with Crippen molar-refractivity contribution >= 4 is 28.2 Å². The summed E-state index contributed by atoms with van der Waals surface area (Å²) in [7, 11) is 0. The van der Waals surface area contributed by atoms with E-state index in [4.69, 9.17) is 0 Å². The van der Waals surface area contributed by atoms with Gasteiger partial charge in [0, 0.05) is 17.5 Å². The van der Waals surface area contributed by atoms with E-state index in [1.165, 1.54) is 0 Å². The Morgan fingerprint density at radius 1 is 0.933 bits per heavy atom. The molecule has 0 saturated carbocycles. The minimum absolute atomic E-state index is 0.0266. The Morgan fingerprint density at radius 2 is 1.60 bits per heavy atom. The van der Waals surface area contributed by atoms with Crippen LogP contribution in [0.25, 0.3) is 10.9 Å². The number of aromatic hydroxyl groups is 1. The molecule has 30 heavy (non-hydrogen) atoms.